The summed E-state index contributed by atoms with van der Waals surface area (Å²) in [6, 6.07) is 19.4. The largest absolute Gasteiger partial charge is 0.454 e. The number of hydrogen-bond acceptors (Lipinski definition) is 6. The van der Waals surface area contributed by atoms with Crippen molar-refractivity contribution in [3.05, 3.63) is 88.6 Å². The number of amides is 2. The normalized spacial score (nSPS) is 14.6. The number of hydrogen-bond donors (Lipinski definition) is 1. The van der Waals surface area contributed by atoms with Crippen molar-refractivity contribution in [3.8, 4) is 17.6 Å². The Morgan fingerprint density at radius 2 is 1.67 bits per heavy atom. The molecule has 0 aliphatic carbocycles. The molecule has 5 rings (SSSR count). The Kier molecular flexibility index (Phi) is 4.83. The summed E-state index contributed by atoms with van der Waals surface area (Å²) in [5, 5.41) is 12.2. The van der Waals surface area contributed by atoms with Crippen LogP contribution < -0.4 is 19.7 Å². The first kappa shape index (κ1) is 20.3. The lowest BCUT2D eigenvalue weighted by molar-refractivity contribution is -0.120. The Hall–Kier alpha value is -4.57. The number of nitriles is 1. The van der Waals surface area contributed by atoms with Crippen molar-refractivity contribution in [2.24, 2.45) is 0 Å². The number of anilines is 2. The molecular formula is C26H19N3O4. The van der Waals surface area contributed by atoms with Gasteiger partial charge >= 0.3 is 0 Å². The second-order valence-corrected chi connectivity index (χ2v) is 7.87. The topological polar surface area (TPSA) is 91.7 Å². The van der Waals surface area contributed by atoms with Gasteiger partial charge in [0.25, 0.3) is 11.8 Å². The zero-order chi connectivity index (χ0) is 23.1. The van der Waals surface area contributed by atoms with E-state index in [0.717, 1.165) is 16.0 Å². The maximum Gasteiger partial charge on any atom is 0.282 e. The van der Waals surface area contributed by atoms with E-state index < -0.39 is 11.8 Å². The lowest BCUT2D eigenvalue weighted by Crippen LogP contribution is -2.32. The van der Waals surface area contributed by atoms with Gasteiger partial charge in [-0.05, 0) is 61.4 Å². The summed E-state index contributed by atoms with van der Waals surface area (Å²) >= 11 is 0. The van der Waals surface area contributed by atoms with Crippen LogP contribution in [-0.2, 0) is 9.59 Å². The van der Waals surface area contributed by atoms with Crippen LogP contribution in [0.15, 0.2) is 66.4 Å². The summed E-state index contributed by atoms with van der Waals surface area (Å²) < 4.78 is 10.8. The van der Waals surface area contributed by atoms with E-state index in [2.05, 4.69) is 5.32 Å². The number of rotatable bonds is 4. The molecule has 2 heterocycles. The molecule has 2 amide bonds. The lowest BCUT2D eigenvalue weighted by atomic mass is 9.97. The standard InChI is InChI=1S/C26H19N3O4/c1-15-3-9-20(16(2)11-15)23-24(28-18-6-10-21-22(12-18)33-14-32-21)26(31)29(25(23)30)19-7-4-17(13-27)5-8-19/h3-12,28H,14H2,1-2H3. The summed E-state index contributed by atoms with van der Waals surface area (Å²) in [4.78, 5) is 28.3. The van der Waals surface area contributed by atoms with Crippen molar-refractivity contribution in [1.82, 2.24) is 0 Å². The molecule has 0 saturated heterocycles. The van der Waals surface area contributed by atoms with Gasteiger partial charge < -0.3 is 14.8 Å². The molecule has 0 spiro atoms. The maximum atomic E-state index is 13.6. The Morgan fingerprint density at radius 1 is 0.909 bits per heavy atom. The Morgan fingerprint density at radius 3 is 2.39 bits per heavy atom. The molecular weight excluding hydrogens is 418 g/mol. The molecule has 33 heavy (non-hydrogen) atoms. The number of benzene rings is 3. The summed E-state index contributed by atoms with van der Waals surface area (Å²) in [6.45, 7) is 4.02. The Balaban J connectivity index is 1.61. The number of nitrogens with zero attached hydrogens (tertiary/aromatic N) is 2. The summed E-state index contributed by atoms with van der Waals surface area (Å²) in [6.07, 6.45) is 0. The van der Waals surface area contributed by atoms with E-state index >= 15 is 0 Å². The van der Waals surface area contributed by atoms with Crippen molar-refractivity contribution in [2.45, 2.75) is 13.8 Å². The van der Waals surface area contributed by atoms with Crippen LogP contribution in [0, 0.1) is 25.2 Å². The molecule has 162 valence electrons. The molecule has 2 aliphatic rings. The average Bonchev–Trinajstić information content (AvgIpc) is 3.36. The number of carbonyl (C=O) groups is 2. The fourth-order valence-electron chi connectivity index (χ4n) is 4.03. The van der Waals surface area contributed by atoms with Crippen LogP contribution in [0.25, 0.3) is 5.57 Å². The molecule has 7 heteroatoms. The lowest BCUT2D eigenvalue weighted by Gasteiger charge is -2.15. The van der Waals surface area contributed by atoms with Crippen LogP contribution in [0.4, 0.5) is 11.4 Å². The molecule has 3 aromatic carbocycles. The number of carbonyl (C=O) groups excluding carboxylic acids is 2. The smallest absolute Gasteiger partial charge is 0.282 e. The van der Waals surface area contributed by atoms with Crippen LogP contribution in [-0.4, -0.2) is 18.6 Å². The fraction of sp³-hybridized carbons (Fsp3) is 0.115. The SMILES string of the molecule is Cc1ccc(C2=C(Nc3ccc4c(c3)OCO4)C(=O)N(c3ccc(C#N)cc3)C2=O)c(C)c1. The number of aryl methyl sites for hydroxylation is 2. The third-order valence-electron chi connectivity index (χ3n) is 5.63. The molecule has 0 saturated carbocycles. The van der Waals surface area contributed by atoms with Crippen LogP contribution in [0.2, 0.25) is 0 Å². The highest BCUT2D eigenvalue weighted by molar-refractivity contribution is 6.46. The van der Waals surface area contributed by atoms with Gasteiger partial charge in [0.05, 0.1) is 22.9 Å². The van der Waals surface area contributed by atoms with Crippen molar-refractivity contribution in [3.63, 3.8) is 0 Å². The van der Waals surface area contributed by atoms with Gasteiger partial charge in [0, 0.05) is 11.8 Å². The molecule has 0 aromatic heterocycles. The van der Waals surface area contributed by atoms with E-state index in [1.165, 1.54) is 0 Å². The maximum absolute atomic E-state index is 13.6. The van der Waals surface area contributed by atoms with E-state index in [-0.39, 0.29) is 12.5 Å². The second kappa shape index (κ2) is 7.84. The quantitative estimate of drug-likeness (QED) is 0.612. The number of fused-ring (bicyclic) bond motifs is 1. The summed E-state index contributed by atoms with van der Waals surface area (Å²) in [5.74, 6) is 0.281. The number of imide groups is 1. The first-order chi connectivity index (χ1) is 16.0. The van der Waals surface area contributed by atoms with E-state index in [1.807, 2.05) is 38.1 Å². The second-order valence-electron chi connectivity index (χ2n) is 7.87. The van der Waals surface area contributed by atoms with E-state index in [4.69, 9.17) is 14.7 Å². The van der Waals surface area contributed by atoms with E-state index in [1.54, 1.807) is 42.5 Å². The van der Waals surface area contributed by atoms with Gasteiger partial charge in [-0.3, -0.25) is 9.59 Å². The minimum Gasteiger partial charge on any atom is -0.454 e. The third kappa shape index (κ3) is 3.48. The highest BCUT2D eigenvalue weighted by Crippen LogP contribution is 2.38. The monoisotopic (exact) mass is 437 g/mol. The zero-order valence-electron chi connectivity index (χ0n) is 18.0. The fourth-order valence-corrected chi connectivity index (χ4v) is 4.03. The van der Waals surface area contributed by atoms with Gasteiger partial charge in [-0.1, -0.05) is 23.8 Å². The molecule has 0 unspecified atom stereocenters. The van der Waals surface area contributed by atoms with E-state index in [9.17, 15) is 9.59 Å². The van der Waals surface area contributed by atoms with Crippen molar-refractivity contribution < 1.29 is 19.1 Å². The number of ether oxygens (including phenoxy) is 2. The van der Waals surface area contributed by atoms with Crippen molar-refractivity contribution in [2.75, 3.05) is 17.0 Å². The Bertz CT molecular complexity index is 1380. The van der Waals surface area contributed by atoms with Gasteiger partial charge in [-0.2, -0.15) is 5.26 Å². The zero-order valence-corrected chi connectivity index (χ0v) is 18.0. The highest BCUT2D eigenvalue weighted by atomic mass is 16.7. The molecule has 7 nitrogen and oxygen atoms in total. The first-order valence-electron chi connectivity index (χ1n) is 10.3. The average molecular weight is 437 g/mol. The Labute approximate surface area is 190 Å². The van der Waals surface area contributed by atoms with Gasteiger partial charge in [0.15, 0.2) is 11.5 Å². The molecule has 0 radical (unpaired) electrons. The molecule has 2 aliphatic heterocycles. The van der Waals surface area contributed by atoms with Crippen LogP contribution in [0.3, 0.4) is 0 Å². The van der Waals surface area contributed by atoms with Crippen LogP contribution in [0.1, 0.15) is 22.3 Å². The van der Waals surface area contributed by atoms with Crippen molar-refractivity contribution in [1.29, 1.82) is 5.26 Å². The van der Waals surface area contributed by atoms with Crippen LogP contribution >= 0.6 is 0 Å². The predicted octanol–water partition coefficient (Wildman–Crippen LogP) is 4.30. The van der Waals surface area contributed by atoms with Crippen LogP contribution in [0.5, 0.6) is 11.5 Å². The molecule has 0 bridgehead atoms. The van der Waals surface area contributed by atoms with Gasteiger partial charge in [-0.15, -0.1) is 0 Å². The molecule has 0 fully saturated rings. The van der Waals surface area contributed by atoms with Crippen molar-refractivity contribution >= 4 is 28.8 Å². The number of nitrogens with one attached hydrogen (secondary N) is 1. The predicted molar refractivity (Wildman–Crippen MR) is 123 cm³/mol. The van der Waals surface area contributed by atoms with Gasteiger partial charge in [-0.25, -0.2) is 4.90 Å². The highest BCUT2D eigenvalue weighted by Gasteiger charge is 2.40. The third-order valence-corrected chi connectivity index (χ3v) is 5.63. The molecule has 0 atom stereocenters. The van der Waals surface area contributed by atoms with Gasteiger partial charge in [0.2, 0.25) is 6.79 Å². The minimum atomic E-state index is -0.475. The molecule has 3 aromatic rings. The minimum absolute atomic E-state index is 0.138. The first-order valence-corrected chi connectivity index (χ1v) is 10.3. The summed E-state index contributed by atoms with van der Waals surface area (Å²) in [7, 11) is 0. The summed E-state index contributed by atoms with van der Waals surface area (Å²) in [5.41, 5.74) is 4.53. The molecule has 1 N–H and O–H groups in total. The van der Waals surface area contributed by atoms with Gasteiger partial charge in [0.1, 0.15) is 5.70 Å². The van der Waals surface area contributed by atoms with E-state index in [0.29, 0.717) is 39.6 Å².